The highest BCUT2D eigenvalue weighted by molar-refractivity contribution is 7.91. The van der Waals surface area contributed by atoms with Crippen molar-refractivity contribution in [2.45, 2.75) is 9.92 Å². The Labute approximate surface area is 159 Å². The number of aromatic nitrogens is 1. The summed E-state index contributed by atoms with van der Waals surface area (Å²) in [4.78, 5) is 16.0. The highest BCUT2D eigenvalue weighted by Crippen LogP contribution is 2.22. The Morgan fingerprint density at radius 3 is 2.32 bits per heavy atom. The first-order valence-corrected chi connectivity index (χ1v) is 9.41. The minimum Gasteiger partial charge on any atom is -0.497 e. The molecule has 0 unspecified atom stereocenters. The maximum absolute atomic E-state index is 13.6. The Kier molecular flexibility index (Phi) is 5.36. The molecule has 0 bridgehead atoms. The molecule has 3 aromatic rings. The lowest BCUT2D eigenvalue weighted by molar-refractivity contribution is 0.102. The minimum atomic E-state index is -3.88. The monoisotopic (exact) mass is 404 g/mol. The normalized spacial score (nSPS) is 11.1. The summed E-state index contributed by atoms with van der Waals surface area (Å²) >= 11 is 0. The van der Waals surface area contributed by atoms with Gasteiger partial charge in [0.1, 0.15) is 17.4 Å². The van der Waals surface area contributed by atoms with E-state index >= 15 is 0 Å². The second-order valence-electron chi connectivity index (χ2n) is 5.64. The number of methoxy groups -OCH3 is 1. The molecular weight excluding hydrogens is 390 g/mol. The van der Waals surface area contributed by atoms with Crippen LogP contribution in [-0.4, -0.2) is 26.4 Å². The molecule has 0 saturated carbocycles. The number of benzene rings is 2. The Balaban J connectivity index is 1.81. The number of rotatable bonds is 5. The van der Waals surface area contributed by atoms with Gasteiger partial charge in [-0.05, 0) is 48.5 Å². The van der Waals surface area contributed by atoms with Crippen molar-refractivity contribution in [3.63, 3.8) is 0 Å². The molecule has 3 rings (SSSR count). The molecule has 0 aliphatic carbocycles. The number of halogens is 2. The minimum absolute atomic E-state index is 0.0115. The maximum atomic E-state index is 13.6. The molecule has 0 radical (unpaired) electrons. The van der Waals surface area contributed by atoms with E-state index in [1.165, 1.54) is 43.5 Å². The first kappa shape index (κ1) is 19.4. The van der Waals surface area contributed by atoms with E-state index in [1.54, 1.807) is 0 Å². The van der Waals surface area contributed by atoms with Crippen LogP contribution in [0.15, 0.2) is 70.7 Å². The summed E-state index contributed by atoms with van der Waals surface area (Å²) in [5.74, 6) is -1.91. The standard InChI is InChI=1S/C19H14F2N2O4S/c1-27-14-4-6-15(7-5-14)28(25,26)18-9-2-12(11-22-18)19(24)23-17-8-3-13(20)10-16(17)21/h2-11H,1H3,(H,23,24). The highest BCUT2D eigenvalue weighted by atomic mass is 32.2. The van der Waals surface area contributed by atoms with Gasteiger partial charge >= 0.3 is 0 Å². The van der Waals surface area contributed by atoms with Gasteiger partial charge in [-0.1, -0.05) is 0 Å². The van der Waals surface area contributed by atoms with Gasteiger partial charge in [-0.2, -0.15) is 0 Å². The fourth-order valence-electron chi connectivity index (χ4n) is 2.33. The molecule has 6 nitrogen and oxygen atoms in total. The average molecular weight is 404 g/mol. The summed E-state index contributed by atoms with van der Waals surface area (Å²) in [5.41, 5.74) is -0.196. The average Bonchev–Trinajstić information content (AvgIpc) is 2.70. The van der Waals surface area contributed by atoms with Crippen LogP contribution >= 0.6 is 0 Å². The smallest absolute Gasteiger partial charge is 0.257 e. The molecule has 1 aromatic heterocycles. The van der Waals surface area contributed by atoms with E-state index in [1.807, 2.05) is 0 Å². The zero-order valence-corrected chi connectivity index (χ0v) is 15.3. The van der Waals surface area contributed by atoms with Gasteiger partial charge in [0.2, 0.25) is 9.84 Å². The summed E-state index contributed by atoms with van der Waals surface area (Å²) in [7, 11) is -2.41. The van der Waals surface area contributed by atoms with E-state index in [0.29, 0.717) is 11.8 Å². The molecule has 0 saturated heterocycles. The van der Waals surface area contributed by atoms with Gasteiger partial charge in [0.15, 0.2) is 5.03 Å². The Morgan fingerprint density at radius 2 is 1.75 bits per heavy atom. The maximum Gasteiger partial charge on any atom is 0.257 e. The molecule has 144 valence electrons. The van der Waals surface area contributed by atoms with Crippen molar-refractivity contribution in [3.05, 3.63) is 78.0 Å². The number of hydrogen-bond donors (Lipinski definition) is 1. The molecule has 1 N–H and O–H groups in total. The molecule has 0 aliphatic rings. The van der Waals surface area contributed by atoms with Gasteiger partial charge in [-0.3, -0.25) is 4.79 Å². The molecule has 28 heavy (non-hydrogen) atoms. The number of pyridine rings is 1. The van der Waals surface area contributed by atoms with E-state index in [2.05, 4.69) is 10.3 Å². The number of sulfone groups is 1. The van der Waals surface area contributed by atoms with Crippen LogP contribution in [0.5, 0.6) is 5.75 Å². The quantitative estimate of drug-likeness (QED) is 0.704. The molecule has 9 heteroatoms. The largest absolute Gasteiger partial charge is 0.497 e. The highest BCUT2D eigenvalue weighted by Gasteiger charge is 2.20. The number of amides is 1. The SMILES string of the molecule is COc1ccc(S(=O)(=O)c2ccc(C(=O)Nc3ccc(F)cc3F)cn2)cc1. The first-order valence-electron chi connectivity index (χ1n) is 7.93. The van der Waals surface area contributed by atoms with Gasteiger partial charge in [0.25, 0.3) is 5.91 Å². The van der Waals surface area contributed by atoms with Crippen molar-refractivity contribution in [2.24, 2.45) is 0 Å². The second kappa shape index (κ2) is 7.73. The van der Waals surface area contributed by atoms with Crippen LogP contribution in [0.2, 0.25) is 0 Å². The van der Waals surface area contributed by atoms with E-state index < -0.39 is 27.4 Å². The predicted octanol–water partition coefficient (Wildman–Crippen LogP) is 3.45. The molecule has 0 fully saturated rings. The third kappa shape index (κ3) is 3.99. The molecule has 1 amide bonds. The van der Waals surface area contributed by atoms with Crippen molar-refractivity contribution in [2.75, 3.05) is 12.4 Å². The molecular formula is C19H14F2N2O4S. The van der Waals surface area contributed by atoms with Gasteiger partial charge < -0.3 is 10.1 Å². The fraction of sp³-hybridized carbons (Fsp3) is 0.0526. The number of nitrogens with one attached hydrogen (secondary N) is 1. The lowest BCUT2D eigenvalue weighted by Crippen LogP contribution is -2.14. The Morgan fingerprint density at radius 1 is 1.04 bits per heavy atom. The van der Waals surface area contributed by atoms with Crippen LogP contribution in [0.4, 0.5) is 14.5 Å². The van der Waals surface area contributed by atoms with Gasteiger partial charge in [-0.25, -0.2) is 22.2 Å². The van der Waals surface area contributed by atoms with Crippen molar-refractivity contribution in [3.8, 4) is 5.75 Å². The van der Waals surface area contributed by atoms with E-state index in [4.69, 9.17) is 4.74 Å². The fourth-order valence-corrected chi connectivity index (χ4v) is 3.51. The number of hydrogen-bond acceptors (Lipinski definition) is 5. The second-order valence-corrected chi connectivity index (χ2v) is 7.54. The summed E-state index contributed by atoms with van der Waals surface area (Å²) in [6.45, 7) is 0. The van der Waals surface area contributed by atoms with Crippen LogP contribution in [0, 0.1) is 11.6 Å². The van der Waals surface area contributed by atoms with Crippen LogP contribution in [0.3, 0.4) is 0 Å². The zero-order valence-electron chi connectivity index (χ0n) is 14.5. The third-order valence-corrected chi connectivity index (χ3v) is 5.51. The van der Waals surface area contributed by atoms with Crippen molar-refractivity contribution >= 4 is 21.4 Å². The van der Waals surface area contributed by atoms with Gasteiger partial charge in [0, 0.05) is 12.3 Å². The molecule has 0 atom stereocenters. The van der Waals surface area contributed by atoms with E-state index in [9.17, 15) is 22.0 Å². The van der Waals surface area contributed by atoms with Gasteiger partial charge in [-0.15, -0.1) is 0 Å². The van der Waals surface area contributed by atoms with Crippen LogP contribution in [0.25, 0.3) is 0 Å². The van der Waals surface area contributed by atoms with Crippen molar-refractivity contribution in [1.29, 1.82) is 0 Å². The van der Waals surface area contributed by atoms with E-state index in [0.717, 1.165) is 18.3 Å². The summed E-state index contributed by atoms with van der Waals surface area (Å²) < 4.78 is 56.7. The molecule has 0 spiro atoms. The number of carbonyl (C=O) groups excluding carboxylic acids is 1. The third-order valence-electron chi connectivity index (χ3n) is 3.82. The summed E-state index contributed by atoms with van der Waals surface area (Å²) in [5, 5.41) is 2.02. The molecule has 1 heterocycles. The van der Waals surface area contributed by atoms with E-state index in [-0.39, 0.29) is 21.2 Å². The molecule has 2 aromatic carbocycles. The van der Waals surface area contributed by atoms with Crippen molar-refractivity contribution in [1.82, 2.24) is 4.98 Å². The summed E-state index contributed by atoms with van der Waals surface area (Å²) in [6.07, 6.45) is 1.06. The Hall–Kier alpha value is -3.33. The lowest BCUT2D eigenvalue weighted by Gasteiger charge is -2.08. The van der Waals surface area contributed by atoms with Gasteiger partial charge in [0.05, 0.1) is 23.3 Å². The predicted molar refractivity (Wildman–Crippen MR) is 97.0 cm³/mol. The summed E-state index contributed by atoms with van der Waals surface area (Å²) in [6, 6.07) is 10.9. The lowest BCUT2D eigenvalue weighted by atomic mass is 10.2. The number of ether oxygens (including phenoxy) is 1. The first-order chi connectivity index (χ1) is 13.3. The topological polar surface area (TPSA) is 85.4 Å². The number of carbonyl (C=O) groups is 1. The van der Waals surface area contributed by atoms with Crippen LogP contribution in [-0.2, 0) is 9.84 Å². The number of nitrogens with zero attached hydrogens (tertiary/aromatic N) is 1. The van der Waals surface area contributed by atoms with Crippen molar-refractivity contribution < 1.29 is 26.7 Å². The Bertz CT molecular complexity index is 1120. The molecule has 0 aliphatic heterocycles. The van der Waals surface area contributed by atoms with Crippen LogP contribution in [0.1, 0.15) is 10.4 Å². The number of anilines is 1. The van der Waals surface area contributed by atoms with Crippen LogP contribution < -0.4 is 10.1 Å². The zero-order chi connectivity index (χ0) is 20.3.